The zero-order chi connectivity index (χ0) is 29.6. The van der Waals surface area contributed by atoms with Gasteiger partial charge in [-0.1, -0.05) is 72.8 Å². The van der Waals surface area contributed by atoms with Crippen LogP contribution in [-0.2, 0) is 26.2 Å². The summed E-state index contributed by atoms with van der Waals surface area (Å²) in [6.07, 6.45) is 4.87. The fraction of sp³-hybridized carbons (Fsp3) is 0.355. The van der Waals surface area contributed by atoms with E-state index in [2.05, 4.69) is 5.32 Å². The van der Waals surface area contributed by atoms with Crippen LogP contribution in [0.2, 0.25) is 5.02 Å². The van der Waals surface area contributed by atoms with Gasteiger partial charge in [0.2, 0.25) is 11.8 Å². The van der Waals surface area contributed by atoms with Gasteiger partial charge >= 0.3 is 0 Å². The van der Waals surface area contributed by atoms with Crippen molar-refractivity contribution >= 4 is 39.1 Å². The molecule has 0 heterocycles. The monoisotopic (exact) mass is 599 g/mol. The number of amides is 2. The van der Waals surface area contributed by atoms with Crippen LogP contribution in [0.1, 0.15) is 50.2 Å². The molecule has 1 aliphatic carbocycles. The molecule has 0 unspecified atom stereocenters. The summed E-state index contributed by atoms with van der Waals surface area (Å²) in [4.78, 5) is 28.6. The Labute approximate surface area is 246 Å². The Morgan fingerprint density at radius 3 is 2.34 bits per heavy atom. The lowest BCUT2D eigenvalue weighted by Gasteiger charge is -2.33. The molecular formula is C31H35ClFN3O4S. The summed E-state index contributed by atoms with van der Waals surface area (Å²) in [6, 6.07) is 17.5. The first-order valence-electron chi connectivity index (χ1n) is 13.7. The van der Waals surface area contributed by atoms with Crippen molar-refractivity contribution in [1.29, 1.82) is 0 Å². The van der Waals surface area contributed by atoms with Crippen molar-refractivity contribution in [3.63, 3.8) is 0 Å². The number of aryl methyl sites for hydroxylation is 1. The number of nitrogens with one attached hydrogen (secondary N) is 1. The maximum Gasteiger partial charge on any atom is 0.264 e. The lowest BCUT2D eigenvalue weighted by molar-refractivity contribution is -0.139. The minimum absolute atomic E-state index is 0.000352. The maximum atomic E-state index is 14.7. The van der Waals surface area contributed by atoms with Crippen LogP contribution in [0.15, 0.2) is 77.7 Å². The Morgan fingerprint density at radius 1 is 1.00 bits per heavy atom. The smallest absolute Gasteiger partial charge is 0.264 e. The molecule has 0 radical (unpaired) electrons. The minimum atomic E-state index is -4.21. The second-order valence-corrected chi connectivity index (χ2v) is 12.7. The van der Waals surface area contributed by atoms with Crippen LogP contribution in [0.3, 0.4) is 0 Å². The third-order valence-electron chi connectivity index (χ3n) is 7.40. The molecule has 0 aliphatic heterocycles. The van der Waals surface area contributed by atoms with Gasteiger partial charge in [0.25, 0.3) is 10.0 Å². The van der Waals surface area contributed by atoms with Crippen LogP contribution < -0.4 is 9.62 Å². The highest BCUT2D eigenvalue weighted by atomic mass is 35.5. The summed E-state index contributed by atoms with van der Waals surface area (Å²) in [5.41, 5.74) is 1.29. The van der Waals surface area contributed by atoms with E-state index in [0.29, 0.717) is 5.02 Å². The molecule has 0 bridgehead atoms. The number of anilines is 1. The molecule has 0 aromatic heterocycles. The van der Waals surface area contributed by atoms with Gasteiger partial charge in [0.05, 0.1) is 10.6 Å². The highest BCUT2D eigenvalue weighted by Gasteiger charge is 2.33. The second kappa shape index (κ2) is 13.5. The van der Waals surface area contributed by atoms with Gasteiger partial charge in [0, 0.05) is 23.2 Å². The SMILES string of the molecule is Cc1ccc(S(=O)(=O)N(CC(=O)N(Cc2ccccc2F)[C@@H](C)C(=O)NC2CCCCC2)c2cccc(Cl)c2)cc1. The molecule has 7 nitrogen and oxygen atoms in total. The first-order valence-corrected chi connectivity index (χ1v) is 15.6. The number of benzene rings is 3. The Morgan fingerprint density at radius 2 is 1.68 bits per heavy atom. The van der Waals surface area contributed by atoms with Gasteiger partial charge < -0.3 is 10.2 Å². The average Bonchev–Trinajstić information content (AvgIpc) is 2.95. The third-order valence-corrected chi connectivity index (χ3v) is 9.42. The van der Waals surface area contributed by atoms with Gasteiger partial charge in [0.1, 0.15) is 18.4 Å². The molecular weight excluding hydrogens is 565 g/mol. The molecule has 4 rings (SSSR count). The second-order valence-electron chi connectivity index (χ2n) is 10.4. The van der Waals surface area contributed by atoms with Gasteiger partial charge in [-0.2, -0.15) is 0 Å². The summed E-state index contributed by atoms with van der Waals surface area (Å²) in [5, 5.41) is 3.33. The molecule has 1 aliphatic rings. The predicted octanol–water partition coefficient (Wildman–Crippen LogP) is 5.85. The molecule has 1 N–H and O–H groups in total. The van der Waals surface area contributed by atoms with E-state index in [1.807, 2.05) is 6.92 Å². The molecule has 3 aromatic rings. The number of carbonyl (C=O) groups is 2. The van der Waals surface area contributed by atoms with Crippen LogP contribution in [-0.4, -0.2) is 43.8 Å². The van der Waals surface area contributed by atoms with Gasteiger partial charge in [-0.15, -0.1) is 0 Å². The third kappa shape index (κ3) is 7.65. The zero-order valence-corrected chi connectivity index (χ0v) is 24.8. The number of carbonyl (C=O) groups excluding carboxylic acids is 2. The summed E-state index contributed by atoms with van der Waals surface area (Å²) in [7, 11) is -4.21. The normalized spacial score (nSPS) is 14.7. The average molecular weight is 600 g/mol. The van der Waals surface area contributed by atoms with E-state index in [-0.39, 0.29) is 34.6 Å². The molecule has 0 saturated heterocycles. The van der Waals surface area contributed by atoms with Crippen molar-refractivity contribution in [2.45, 2.75) is 69.5 Å². The molecule has 1 atom stereocenters. The summed E-state index contributed by atoms with van der Waals surface area (Å²) >= 11 is 6.20. The lowest BCUT2D eigenvalue weighted by atomic mass is 9.95. The van der Waals surface area contributed by atoms with E-state index in [4.69, 9.17) is 11.6 Å². The van der Waals surface area contributed by atoms with Crippen molar-refractivity contribution in [3.8, 4) is 0 Å². The molecule has 10 heteroatoms. The molecule has 0 spiro atoms. The van der Waals surface area contributed by atoms with E-state index >= 15 is 0 Å². The molecule has 2 amide bonds. The minimum Gasteiger partial charge on any atom is -0.352 e. The van der Waals surface area contributed by atoms with E-state index in [1.54, 1.807) is 55.5 Å². The lowest BCUT2D eigenvalue weighted by Crippen LogP contribution is -2.53. The van der Waals surface area contributed by atoms with E-state index in [0.717, 1.165) is 42.0 Å². The van der Waals surface area contributed by atoms with Crippen LogP contribution in [0.4, 0.5) is 10.1 Å². The van der Waals surface area contributed by atoms with Gasteiger partial charge in [0.15, 0.2) is 0 Å². The van der Waals surface area contributed by atoms with Gasteiger partial charge in [-0.3, -0.25) is 13.9 Å². The number of rotatable bonds is 10. The highest BCUT2D eigenvalue weighted by molar-refractivity contribution is 7.92. The van der Waals surface area contributed by atoms with E-state index in [1.165, 1.54) is 29.2 Å². The number of nitrogens with zero attached hydrogens (tertiary/aromatic N) is 2. The fourth-order valence-electron chi connectivity index (χ4n) is 4.96. The van der Waals surface area contributed by atoms with Crippen molar-refractivity contribution in [2.24, 2.45) is 0 Å². The summed E-state index contributed by atoms with van der Waals surface area (Å²) in [6.45, 7) is 2.59. The quantitative estimate of drug-likeness (QED) is 0.317. The zero-order valence-electron chi connectivity index (χ0n) is 23.2. The summed E-state index contributed by atoms with van der Waals surface area (Å²) in [5.74, 6) is -1.54. The van der Waals surface area contributed by atoms with Crippen LogP contribution >= 0.6 is 11.6 Å². The summed E-state index contributed by atoms with van der Waals surface area (Å²) < 4.78 is 43.4. The maximum absolute atomic E-state index is 14.7. The first kappa shape index (κ1) is 30.5. The Balaban J connectivity index is 1.68. The van der Waals surface area contributed by atoms with Gasteiger partial charge in [-0.25, -0.2) is 12.8 Å². The number of hydrogen-bond acceptors (Lipinski definition) is 4. The van der Waals surface area contributed by atoms with E-state index < -0.39 is 34.3 Å². The Hall–Kier alpha value is -3.43. The number of halogens is 2. The van der Waals surface area contributed by atoms with Crippen LogP contribution in [0.25, 0.3) is 0 Å². The van der Waals surface area contributed by atoms with Crippen molar-refractivity contribution in [2.75, 3.05) is 10.8 Å². The Bertz CT molecular complexity index is 1480. The highest BCUT2D eigenvalue weighted by Crippen LogP contribution is 2.27. The predicted molar refractivity (Wildman–Crippen MR) is 159 cm³/mol. The van der Waals surface area contributed by atoms with Crippen molar-refractivity contribution < 1.29 is 22.4 Å². The number of sulfonamides is 1. The molecule has 1 fully saturated rings. The standard InChI is InChI=1S/C31H35ClFN3O4S/c1-22-15-17-28(18-16-22)41(39,40)36(27-13-8-10-25(32)19-27)21-30(37)35(20-24-9-6-7-14-29(24)33)23(2)31(38)34-26-11-4-3-5-12-26/h6-10,13-19,23,26H,3-5,11-12,20-21H2,1-2H3,(H,34,38)/t23-/m0/s1. The van der Waals surface area contributed by atoms with Crippen LogP contribution in [0, 0.1) is 12.7 Å². The Kier molecular flexibility index (Phi) is 10.0. The molecule has 218 valence electrons. The number of hydrogen-bond donors (Lipinski definition) is 1. The molecule has 1 saturated carbocycles. The van der Waals surface area contributed by atoms with Gasteiger partial charge in [-0.05, 0) is 63.1 Å². The molecule has 3 aromatic carbocycles. The fourth-order valence-corrected chi connectivity index (χ4v) is 6.55. The van der Waals surface area contributed by atoms with E-state index in [9.17, 15) is 22.4 Å². The largest absolute Gasteiger partial charge is 0.352 e. The van der Waals surface area contributed by atoms with Crippen molar-refractivity contribution in [1.82, 2.24) is 10.2 Å². The van der Waals surface area contributed by atoms with Crippen molar-refractivity contribution in [3.05, 3.63) is 94.8 Å². The van der Waals surface area contributed by atoms with Crippen LogP contribution in [0.5, 0.6) is 0 Å². The molecule has 41 heavy (non-hydrogen) atoms. The first-order chi connectivity index (χ1) is 19.6. The topological polar surface area (TPSA) is 86.8 Å².